The summed E-state index contributed by atoms with van der Waals surface area (Å²) in [4.78, 5) is 2.43. The fourth-order valence-corrected chi connectivity index (χ4v) is 8.43. The third kappa shape index (κ3) is 5.46. The number of thiophene rings is 1. The smallest absolute Gasteiger partial charge is 0.0640 e. The quantitative estimate of drug-likeness (QED) is 0.165. The van der Waals surface area contributed by atoms with E-state index in [1.165, 1.54) is 70.4 Å². The monoisotopic (exact) mass is 655 g/mol. The van der Waals surface area contributed by atoms with Gasteiger partial charge in [-0.05, 0) is 74.8 Å². The lowest BCUT2D eigenvalue weighted by molar-refractivity contribution is 1.30. The number of fused-ring (bicyclic) bond motifs is 3. The number of hydrogen-bond acceptors (Lipinski definition) is 2. The molecule has 0 bridgehead atoms. The van der Waals surface area contributed by atoms with Crippen LogP contribution in [0.25, 0.3) is 64.7 Å². The fraction of sp³-hybridized carbons (Fsp3) is 0. The van der Waals surface area contributed by atoms with Crippen molar-refractivity contribution in [3.8, 4) is 44.5 Å². The highest BCUT2D eigenvalue weighted by Gasteiger charge is 2.22. The van der Waals surface area contributed by atoms with Crippen molar-refractivity contribution in [2.45, 2.75) is 0 Å². The molecule has 8 aromatic carbocycles. The molecule has 0 N–H and O–H groups in total. The van der Waals surface area contributed by atoms with Gasteiger partial charge in [0.1, 0.15) is 0 Å². The SMILES string of the molecule is c1ccc(-c2ccc(N(c3ccc(-c4ccccc4)cc3)c3ccc(-c4ccccc4)c4c3sc3c(-c5ccccc5)cccc34)cc2)cc1. The lowest BCUT2D eigenvalue weighted by Crippen LogP contribution is -2.10. The molecule has 1 nitrogen and oxygen atoms in total. The van der Waals surface area contributed by atoms with Crippen molar-refractivity contribution in [2.75, 3.05) is 4.90 Å². The molecular formula is C48H33NS. The second kappa shape index (κ2) is 13.0. The van der Waals surface area contributed by atoms with Gasteiger partial charge in [0.2, 0.25) is 0 Å². The van der Waals surface area contributed by atoms with Crippen LogP contribution in [0.5, 0.6) is 0 Å². The fourth-order valence-electron chi connectivity index (χ4n) is 7.06. The third-order valence-corrected chi connectivity index (χ3v) is 10.8. The van der Waals surface area contributed by atoms with Gasteiger partial charge in [0.25, 0.3) is 0 Å². The summed E-state index contributed by atoms with van der Waals surface area (Å²) >= 11 is 1.89. The molecule has 0 aliphatic heterocycles. The summed E-state index contributed by atoms with van der Waals surface area (Å²) < 4.78 is 2.57. The Labute approximate surface area is 297 Å². The number of benzene rings is 8. The maximum atomic E-state index is 2.43. The lowest BCUT2D eigenvalue weighted by Gasteiger charge is -2.27. The highest BCUT2D eigenvalue weighted by Crippen LogP contribution is 2.50. The highest BCUT2D eigenvalue weighted by molar-refractivity contribution is 7.27. The zero-order valence-electron chi connectivity index (χ0n) is 27.4. The van der Waals surface area contributed by atoms with Gasteiger partial charge in [0.05, 0.1) is 10.4 Å². The molecule has 0 saturated carbocycles. The molecule has 0 unspecified atom stereocenters. The molecule has 0 fully saturated rings. The van der Waals surface area contributed by atoms with Crippen LogP contribution in [0.4, 0.5) is 17.1 Å². The molecule has 2 heteroatoms. The van der Waals surface area contributed by atoms with Crippen molar-refractivity contribution in [2.24, 2.45) is 0 Å². The Balaban J connectivity index is 1.29. The Hall–Kier alpha value is -6.22. The van der Waals surface area contributed by atoms with Crippen molar-refractivity contribution in [1.29, 1.82) is 0 Å². The molecule has 0 amide bonds. The van der Waals surface area contributed by atoms with Crippen LogP contribution in [0, 0.1) is 0 Å². The molecule has 9 aromatic rings. The van der Waals surface area contributed by atoms with Gasteiger partial charge in [0.15, 0.2) is 0 Å². The molecule has 0 aliphatic rings. The molecule has 0 spiro atoms. The minimum Gasteiger partial charge on any atom is -0.309 e. The summed E-state index contributed by atoms with van der Waals surface area (Å²) in [7, 11) is 0. The van der Waals surface area contributed by atoms with Crippen molar-refractivity contribution in [3.05, 3.63) is 200 Å². The first-order chi connectivity index (χ1) is 24.8. The van der Waals surface area contributed by atoms with Crippen LogP contribution < -0.4 is 4.90 Å². The van der Waals surface area contributed by atoms with Crippen LogP contribution in [0.15, 0.2) is 200 Å². The predicted octanol–water partition coefficient (Wildman–Crippen LogP) is 14.2. The normalized spacial score (nSPS) is 11.2. The van der Waals surface area contributed by atoms with E-state index >= 15 is 0 Å². The first-order valence-electron chi connectivity index (χ1n) is 17.0. The number of rotatable bonds is 7. The zero-order valence-corrected chi connectivity index (χ0v) is 28.2. The second-order valence-electron chi connectivity index (χ2n) is 12.5. The van der Waals surface area contributed by atoms with E-state index in [2.05, 4.69) is 205 Å². The van der Waals surface area contributed by atoms with Gasteiger partial charge >= 0.3 is 0 Å². The largest absolute Gasteiger partial charge is 0.309 e. The summed E-state index contributed by atoms with van der Waals surface area (Å²) in [6, 6.07) is 72.2. The van der Waals surface area contributed by atoms with E-state index in [0.29, 0.717) is 0 Å². The Morgan fingerprint density at radius 1 is 0.300 bits per heavy atom. The van der Waals surface area contributed by atoms with E-state index in [0.717, 1.165) is 11.4 Å². The van der Waals surface area contributed by atoms with Gasteiger partial charge in [0, 0.05) is 26.8 Å². The standard InChI is InChI=1S/C48H33NS/c1-5-14-34(15-6-1)36-24-28-40(29-25-36)49(41-30-26-37(27-31-41)35-16-7-2-8-17-35)45-33-32-42(38-18-9-3-10-19-38)46-44-23-13-22-43(47(44)50-48(45)46)39-20-11-4-12-21-39/h1-33H. The molecule has 0 atom stereocenters. The Morgan fingerprint density at radius 3 is 1.24 bits per heavy atom. The molecule has 1 heterocycles. The van der Waals surface area contributed by atoms with E-state index in [9.17, 15) is 0 Å². The van der Waals surface area contributed by atoms with Crippen LogP contribution in [0.3, 0.4) is 0 Å². The first kappa shape index (κ1) is 29.9. The van der Waals surface area contributed by atoms with Gasteiger partial charge in [-0.15, -0.1) is 11.3 Å². The minimum atomic E-state index is 1.12. The van der Waals surface area contributed by atoms with Crippen LogP contribution in [-0.2, 0) is 0 Å². The number of hydrogen-bond donors (Lipinski definition) is 0. The molecule has 0 saturated heterocycles. The molecule has 236 valence electrons. The van der Waals surface area contributed by atoms with Gasteiger partial charge < -0.3 is 4.90 Å². The average molecular weight is 656 g/mol. The Bertz CT molecular complexity index is 2450. The second-order valence-corrected chi connectivity index (χ2v) is 13.5. The van der Waals surface area contributed by atoms with E-state index in [-0.39, 0.29) is 0 Å². The molecule has 50 heavy (non-hydrogen) atoms. The van der Waals surface area contributed by atoms with E-state index in [1.807, 2.05) is 11.3 Å². The summed E-state index contributed by atoms with van der Waals surface area (Å²) in [5.74, 6) is 0. The lowest BCUT2D eigenvalue weighted by atomic mass is 9.96. The van der Waals surface area contributed by atoms with Crippen molar-refractivity contribution < 1.29 is 0 Å². The predicted molar refractivity (Wildman–Crippen MR) is 216 cm³/mol. The van der Waals surface area contributed by atoms with Crippen LogP contribution in [0.1, 0.15) is 0 Å². The number of anilines is 3. The van der Waals surface area contributed by atoms with Gasteiger partial charge in [-0.2, -0.15) is 0 Å². The van der Waals surface area contributed by atoms with E-state index < -0.39 is 0 Å². The molecule has 0 aliphatic carbocycles. The van der Waals surface area contributed by atoms with Gasteiger partial charge in [-0.1, -0.05) is 170 Å². The van der Waals surface area contributed by atoms with Crippen LogP contribution >= 0.6 is 11.3 Å². The molecule has 1 aromatic heterocycles. The number of nitrogens with zero attached hydrogens (tertiary/aromatic N) is 1. The Morgan fingerprint density at radius 2 is 0.740 bits per heavy atom. The third-order valence-electron chi connectivity index (χ3n) is 9.50. The molecule has 0 radical (unpaired) electrons. The summed E-state index contributed by atoms with van der Waals surface area (Å²) in [5.41, 5.74) is 13.2. The summed E-state index contributed by atoms with van der Waals surface area (Å²) in [6.07, 6.45) is 0. The molecular weight excluding hydrogens is 623 g/mol. The van der Waals surface area contributed by atoms with Crippen LogP contribution in [0.2, 0.25) is 0 Å². The molecule has 9 rings (SSSR count). The highest BCUT2D eigenvalue weighted by atomic mass is 32.1. The van der Waals surface area contributed by atoms with Crippen molar-refractivity contribution in [1.82, 2.24) is 0 Å². The first-order valence-corrected chi connectivity index (χ1v) is 17.8. The van der Waals surface area contributed by atoms with E-state index in [4.69, 9.17) is 0 Å². The van der Waals surface area contributed by atoms with Crippen LogP contribution in [-0.4, -0.2) is 0 Å². The van der Waals surface area contributed by atoms with Crippen molar-refractivity contribution in [3.63, 3.8) is 0 Å². The Kier molecular flexibility index (Phi) is 7.77. The summed E-state index contributed by atoms with van der Waals surface area (Å²) in [5, 5.41) is 2.57. The van der Waals surface area contributed by atoms with Gasteiger partial charge in [-0.3, -0.25) is 0 Å². The maximum Gasteiger partial charge on any atom is 0.0640 e. The summed E-state index contributed by atoms with van der Waals surface area (Å²) in [6.45, 7) is 0. The minimum absolute atomic E-state index is 1.12. The van der Waals surface area contributed by atoms with Gasteiger partial charge in [-0.25, -0.2) is 0 Å². The van der Waals surface area contributed by atoms with E-state index in [1.54, 1.807) is 0 Å². The zero-order chi connectivity index (χ0) is 33.3. The topological polar surface area (TPSA) is 3.24 Å². The average Bonchev–Trinajstić information content (AvgIpc) is 3.60. The van der Waals surface area contributed by atoms with Crippen molar-refractivity contribution >= 4 is 48.6 Å². The maximum absolute atomic E-state index is 2.43.